The molecular weight excluding hydrogens is 268 g/mol. The fourth-order valence-corrected chi connectivity index (χ4v) is 3.79. The lowest BCUT2D eigenvalue weighted by atomic mass is 10.0. The summed E-state index contributed by atoms with van der Waals surface area (Å²) in [6.07, 6.45) is 9.70. The summed E-state index contributed by atoms with van der Waals surface area (Å²) in [6.45, 7) is 6.55. The second kappa shape index (κ2) is 6.06. The van der Waals surface area contributed by atoms with Crippen LogP contribution in [0.25, 0.3) is 0 Å². The van der Waals surface area contributed by atoms with Crippen molar-refractivity contribution in [1.29, 1.82) is 0 Å². The van der Waals surface area contributed by atoms with Crippen LogP contribution < -0.4 is 0 Å². The first-order valence-corrected chi connectivity index (χ1v) is 8.28. The number of imidazole rings is 1. The summed E-state index contributed by atoms with van der Waals surface area (Å²) in [5, 5.41) is 3.35. The van der Waals surface area contributed by atoms with Gasteiger partial charge in [-0.1, -0.05) is 6.42 Å². The molecule has 0 radical (unpaired) electrons. The van der Waals surface area contributed by atoms with E-state index in [0.717, 1.165) is 13.1 Å². The highest BCUT2D eigenvalue weighted by Gasteiger charge is 2.26. The molecule has 1 aliphatic rings. The van der Waals surface area contributed by atoms with Gasteiger partial charge in [-0.25, -0.2) is 9.97 Å². The van der Waals surface area contributed by atoms with Gasteiger partial charge in [0.25, 0.3) is 0 Å². The monoisotopic (exact) mass is 290 g/mol. The van der Waals surface area contributed by atoms with Gasteiger partial charge >= 0.3 is 0 Å². The first kappa shape index (κ1) is 13.8. The van der Waals surface area contributed by atoms with E-state index in [0.29, 0.717) is 12.1 Å². The van der Waals surface area contributed by atoms with Gasteiger partial charge in [0.2, 0.25) is 0 Å². The molecule has 2 aromatic heterocycles. The van der Waals surface area contributed by atoms with Gasteiger partial charge in [0.15, 0.2) is 0 Å². The summed E-state index contributed by atoms with van der Waals surface area (Å²) in [6, 6.07) is 0.954. The molecule has 1 aliphatic heterocycles. The van der Waals surface area contributed by atoms with E-state index >= 15 is 0 Å². The molecule has 1 atom stereocenters. The minimum absolute atomic E-state index is 0.468. The Morgan fingerprint density at radius 2 is 2.30 bits per heavy atom. The lowest BCUT2D eigenvalue weighted by Crippen LogP contribution is -2.33. The standard InChI is InChI=1S/C15H22N4S/c1-12(2)19-11-16-9-13(19)10-18-7-4-3-5-14(18)15-17-6-8-20-15/h6,8-9,11-12,14H,3-5,7,10H2,1-2H3/t14-/m1/s1. The van der Waals surface area contributed by atoms with E-state index in [1.54, 1.807) is 11.3 Å². The topological polar surface area (TPSA) is 34.0 Å². The number of likely N-dealkylation sites (tertiary alicyclic amines) is 1. The molecule has 0 aliphatic carbocycles. The normalized spacial score (nSPS) is 20.6. The Morgan fingerprint density at radius 1 is 1.40 bits per heavy atom. The van der Waals surface area contributed by atoms with Crippen molar-refractivity contribution >= 4 is 11.3 Å². The molecule has 0 amide bonds. The fraction of sp³-hybridized carbons (Fsp3) is 0.600. The number of thiazole rings is 1. The second-order valence-electron chi connectivity index (χ2n) is 5.74. The van der Waals surface area contributed by atoms with Gasteiger partial charge in [-0.05, 0) is 33.2 Å². The molecule has 0 saturated carbocycles. The number of aromatic nitrogens is 3. The lowest BCUT2D eigenvalue weighted by Gasteiger charge is -2.34. The number of hydrogen-bond acceptors (Lipinski definition) is 4. The summed E-state index contributed by atoms with van der Waals surface area (Å²) in [5.41, 5.74) is 1.31. The highest BCUT2D eigenvalue weighted by molar-refractivity contribution is 7.09. The molecule has 108 valence electrons. The first-order chi connectivity index (χ1) is 9.75. The molecule has 2 aromatic rings. The zero-order valence-electron chi connectivity index (χ0n) is 12.2. The SMILES string of the molecule is CC(C)n1cncc1CN1CCCC[C@@H]1c1nccs1. The maximum absolute atomic E-state index is 4.53. The van der Waals surface area contributed by atoms with Crippen LogP contribution in [0.15, 0.2) is 24.1 Å². The van der Waals surface area contributed by atoms with Crippen LogP contribution in [0.3, 0.4) is 0 Å². The predicted octanol–water partition coefficient (Wildman–Crippen LogP) is 3.65. The third kappa shape index (κ3) is 2.79. The van der Waals surface area contributed by atoms with E-state index < -0.39 is 0 Å². The molecule has 0 aromatic carbocycles. The number of hydrogen-bond donors (Lipinski definition) is 0. The second-order valence-corrected chi connectivity index (χ2v) is 6.66. The molecular formula is C15H22N4S. The molecule has 1 fully saturated rings. The Bertz CT molecular complexity index is 532. The summed E-state index contributed by atoms with van der Waals surface area (Å²) < 4.78 is 2.27. The molecule has 0 spiro atoms. The zero-order valence-corrected chi connectivity index (χ0v) is 13.0. The van der Waals surface area contributed by atoms with Gasteiger partial charge in [-0.2, -0.15) is 0 Å². The van der Waals surface area contributed by atoms with Crippen molar-refractivity contribution in [2.24, 2.45) is 0 Å². The van der Waals surface area contributed by atoms with Gasteiger partial charge in [0.05, 0.1) is 18.1 Å². The van der Waals surface area contributed by atoms with Gasteiger partial charge in [-0.15, -0.1) is 11.3 Å². The molecule has 5 heteroatoms. The van der Waals surface area contributed by atoms with Crippen LogP contribution in [-0.4, -0.2) is 26.0 Å². The highest BCUT2D eigenvalue weighted by atomic mass is 32.1. The molecule has 3 heterocycles. The number of nitrogens with zero attached hydrogens (tertiary/aromatic N) is 4. The van der Waals surface area contributed by atoms with Gasteiger partial charge < -0.3 is 4.57 Å². The summed E-state index contributed by atoms with van der Waals surface area (Å²) in [7, 11) is 0. The fourth-order valence-electron chi connectivity index (χ4n) is 2.99. The van der Waals surface area contributed by atoms with Crippen molar-refractivity contribution in [1.82, 2.24) is 19.4 Å². The van der Waals surface area contributed by atoms with Crippen molar-refractivity contribution in [3.05, 3.63) is 34.8 Å². The van der Waals surface area contributed by atoms with Crippen LogP contribution >= 0.6 is 11.3 Å². The quantitative estimate of drug-likeness (QED) is 0.862. The van der Waals surface area contributed by atoms with Crippen molar-refractivity contribution < 1.29 is 0 Å². The Labute approximate surface area is 124 Å². The smallest absolute Gasteiger partial charge is 0.110 e. The predicted molar refractivity (Wildman–Crippen MR) is 81.7 cm³/mol. The zero-order chi connectivity index (χ0) is 13.9. The highest BCUT2D eigenvalue weighted by Crippen LogP contribution is 2.33. The molecule has 4 nitrogen and oxygen atoms in total. The Morgan fingerprint density at radius 3 is 3.05 bits per heavy atom. The Kier molecular flexibility index (Phi) is 4.17. The van der Waals surface area contributed by atoms with E-state index in [4.69, 9.17) is 0 Å². The number of rotatable bonds is 4. The van der Waals surface area contributed by atoms with E-state index in [-0.39, 0.29) is 0 Å². The van der Waals surface area contributed by atoms with Crippen molar-refractivity contribution in [2.45, 2.75) is 51.7 Å². The van der Waals surface area contributed by atoms with Crippen LogP contribution in [-0.2, 0) is 6.54 Å². The van der Waals surface area contributed by atoms with Crippen LogP contribution in [0, 0.1) is 0 Å². The van der Waals surface area contributed by atoms with Gasteiger partial charge in [0, 0.05) is 30.4 Å². The van der Waals surface area contributed by atoms with Crippen LogP contribution in [0.1, 0.15) is 55.9 Å². The third-order valence-corrected chi connectivity index (χ3v) is 4.89. The summed E-state index contributed by atoms with van der Waals surface area (Å²) in [5.74, 6) is 0. The van der Waals surface area contributed by atoms with E-state index in [2.05, 4.69) is 38.7 Å². The van der Waals surface area contributed by atoms with Crippen LogP contribution in [0.4, 0.5) is 0 Å². The third-order valence-electron chi connectivity index (χ3n) is 4.02. The minimum Gasteiger partial charge on any atom is -0.331 e. The molecule has 0 bridgehead atoms. The summed E-state index contributed by atoms with van der Waals surface area (Å²) in [4.78, 5) is 11.4. The van der Waals surface area contributed by atoms with Crippen LogP contribution in [0.2, 0.25) is 0 Å². The summed E-state index contributed by atoms with van der Waals surface area (Å²) >= 11 is 1.78. The molecule has 3 rings (SSSR count). The Balaban J connectivity index is 1.79. The lowest BCUT2D eigenvalue weighted by molar-refractivity contribution is 0.136. The van der Waals surface area contributed by atoms with Crippen LogP contribution in [0.5, 0.6) is 0 Å². The average molecular weight is 290 g/mol. The van der Waals surface area contributed by atoms with Crippen molar-refractivity contribution in [3.63, 3.8) is 0 Å². The van der Waals surface area contributed by atoms with E-state index in [1.165, 1.54) is 30.0 Å². The van der Waals surface area contributed by atoms with E-state index in [1.807, 2.05) is 18.7 Å². The maximum Gasteiger partial charge on any atom is 0.110 e. The van der Waals surface area contributed by atoms with Crippen molar-refractivity contribution in [2.75, 3.05) is 6.54 Å². The molecule has 1 saturated heterocycles. The van der Waals surface area contributed by atoms with E-state index in [9.17, 15) is 0 Å². The molecule has 0 N–H and O–H groups in total. The van der Waals surface area contributed by atoms with Crippen molar-refractivity contribution in [3.8, 4) is 0 Å². The molecule has 0 unspecified atom stereocenters. The van der Waals surface area contributed by atoms with Gasteiger partial charge in [0.1, 0.15) is 5.01 Å². The minimum atomic E-state index is 0.468. The number of piperidine rings is 1. The Hall–Kier alpha value is -1.20. The average Bonchev–Trinajstić information content (AvgIpc) is 3.09. The largest absolute Gasteiger partial charge is 0.331 e. The maximum atomic E-state index is 4.53. The molecule has 20 heavy (non-hydrogen) atoms. The van der Waals surface area contributed by atoms with Gasteiger partial charge in [-0.3, -0.25) is 4.90 Å². The first-order valence-electron chi connectivity index (χ1n) is 7.40.